The maximum absolute atomic E-state index is 13.7. The summed E-state index contributed by atoms with van der Waals surface area (Å²) >= 11 is -2.65. The molecule has 0 spiro atoms. The number of aryl methyl sites for hydroxylation is 1. The summed E-state index contributed by atoms with van der Waals surface area (Å²) in [5.41, 5.74) is 6.69. The number of aromatic nitrogens is 2. The van der Waals surface area contributed by atoms with Crippen molar-refractivity contribution in [2.24, 2.45) is 0 Å². The van der Waals surface area contributed by atoms with Crippen molar-refractivity contribution in [1.82, 2.24) is 14.9 Å². The van der Waals surface area contributed by atoms with Crippen LogP contribution in [0, 0.1) is 6.92 Å². The highest BCUT2D eigenvalue weighted by Crippen LogP contribution is 2.35. The van der Waals surface area contributed by atoms with Crippen LogP contribution in [0.2, 0.25) is 0 Å². The van der Waals surface area contributed by atoms with Crippen LogP contribution in [0.4, 0.5) is 30.5 Å². The zero-order chi connectivity index (χ0) is 30.9. The van der Waals surface area contributed by atoms with E-state index in [1.165, 1.54) is 24.5 Å². The molecule has 1 amide bonds. The molecule has 0 bridgehead atoms. The van der Waals surface area contributed by atoms with E-state index < -0.39 is 53.8 Å². The maximum atomic E-state index is 13.7. The molecule has 3 aromatic rings. The first-order chi connectivity index (χ1) is 19.7. The summed E-state index contributed by atoms with van der Waals surface area (Å²) in [7, 11) is 4.66. The molecule has 1 fully saturated rings. The molecular weight excluding hydrogens is 581 g/mol. The summed E-state index contributed by atoms with van der Waals surface area (Å²) in [5, 5.41) is 0.643. The van der Waals surface area contributed by atoms with Crippen molar-refractivity contribution in [3.8, 4) is 5.75 Å². The van der Waals surface area contributed by atoms with E-state index in [9.17, 15) is 31.5 Å². The quantitative estimate of drug-likeness (QED) is 0.273. The number of rotatable bonds is 9. The highest BCUT2D eigenvalue weighted by atomic mass is 32.2. The highest BCUT2D eigenvalue weighted by Gasteiger charge is 2.44. The third-order valence-corrected chi connectivity index (χ3v) is 7.64. The van der Waals surface area contributed by atoms with E-state index in [1.54, 1.807) is 32.0 Å². The monoisotopic (exact) mass is 610 g/mol. The summed E-state index contributed by atoms with van der Waals surface area (Å²) in [4.78, 5) is 37.7. The van der Waals surface area contributed by atoms with Gasteiger partial charge >= 0.3 is 12.3 Å². The number of carbonyl (C=O) groups is 2. The fourth-order valence-corrected chi connectivity index (χ4v) is 5.74. The number of ether oxygens (including phenoxy) is 2. The lowest BCUT2D eigenvalue weighted by Crippen LogP contribution is -2.49. The van der Waals surface area contributed by atoms with Crippen LogP contribution in [0.1, 0.15) is 17.5 Å². The van der Waals surface area contributed by atoms with Crippen molar-refractivity contribution in [3.63, 3.8) is 0 Å². The Morgan fingerprint density at radius 1 is 1.29 bits per heavy atom. The number of esters is 1. The SMILES string of the molecule is COC(=O)[C@@H](Cc1cc2ccnc(N)c2cc1OC(F)(F)F)N1CC[C@H](N(c2cnc(N(C)C)c(C)c2)S(=O)O)C1=O. The van der Waals surface area contributed by atoms with Crippen molar-refractivity contribution in [1.29, 1.82) is 0 Å². The van der Waals surface area contributed by atoms with Crippen molar-refractivity contribution in [2.75, 3.05) is 42.7 Å². The van der Waals surface area contributed by atoms with Crippen LogP contribution in [0.5, 0.6) is 5.75 Å². The molecule has 3 atom stereocenters. The minimum absolute atomic E-state index is 0.0198. The number of pyridine rings is 2. The van der Waals surface area contributed by atoms with Crippen molar-refractivity contribution in [3.05, 3.63) is 47.8 Å². The molecule has 0 saturated carbocycles. The van der Waals surface area contributed by atoms with E-state index in [1.807, 2.05) is 0 Å². The molecule has 0 radical (unpaired) electrons. The van der Waals surface area contributed by atoms with Crippen LogP contribution in [-0.4, -0.2) is 81.7 Å². The van der Waals surface area contributed by atoms with Crippen LogP contribution in [0.3, 0.4) is 0 Å². The Bertz CT molecular complexity index is 1540. The van der Waals surface area contributed by atoms with Gasteiger partial charge in [0.05, 0.1) is 19.0 Å². The van der Waals surface area contributed by atoms with Crippen LogP contribution in [0.15, 0.2) is 36.7 Å². The zero-order valence-corrected chi connectivity index (χ0v) is 23.9. The van der Waals surface area contributed by atoms with E-state index in [0.717, 1.165) is 22.4 Å². The Balaban J connectivity index is 1.70. The number of anilines is 3. The Hall–Kier alpha value is -4.18. The molecule has 1 aliphatic rings. The first-order valence-corrected chi connectivity index (χ1v) is 13.6. The average Bonchev–Trinajstić information content (AvgIpc) is 3.26. The van der Waals surface area contributed by atoms with Gasteiger partial charge in [-0.05, 0) is 54.1 Å². The highest BCUT2D eigenvalue weighted by molar-refractivity contribution is 7.80. The second kappa shape index (κ2) is 12.0. The number of hydrogen-bond acceptors (Lipinski definition) is 9. The van der Waals surface area contributed by atoms with E-state index in [4.69, 9.17) is 10.5 Å². The minimum Gasteiger partial charge on any atom is -0.467 e. The molecule has 4 rings (SSSR count). The fraction of sp³-hybridized carbons (Fsp3) is 0.385. The van der Waals surface area contributed by atoms with Gasteiger partial charge in [0.25, 0.3) is 11.3 Å². The summed E-state index contributed by atoms with van der Waals surface area (Å²) in [5.74, 6) is -1.59. The number of benzene rings is 1. The van der Waals surface area contributed by atoms with Crippen LogP contribution < -0.4 is 19.7 Å². The first kappa shape index (κ1) is 30.8. The van der Waals surface area contributed by atoms with Gasteiger partial charge in [0, 0.05) is 38.6 Å². The van der Waals surface area contributed by atoms with Crippen LogP contribution in [-0.2, 0) is 32.0 Å². The van der Waals surface area contributed by atoms with Crippen LogP contribution in [0.25, 0.3) is 10.8 Å². The van der Waals surface area contributed by atoms with Gasteiger partial charge < -0.3 is 25.0 Å². The Morgan fingerprint density at radius 2 is 2.00 bits per heavy atom. The lowest BCUT2D eigenvalue weighted by Gasteiger charge is -2.29. The van der Waals surface area contributed by atoms with Gasteiger partial charge in [-0.15, -0.1) is 13.2 Å². The Labute approximate surface area is 241 Å². The van der Waals surface area contributed by atoms with Crippen molar-refractivity contribution >= 4 is 51.2 Å². The predicted octanol–water partition coefficient (Wildman–Crippen LogP) is 2.81. The number of halogens is 3. The van der Waals surface area contributed by atoms with E-state index in [2.05, 4.69) is 14.7 Å². The standard InChI is InChI=1S/C26H29F3N6O6S/c1-14-9-17(13-32-23(14)33(2)3)35(42(38)39)19-6-8-34(24(19)36)20(25(37)40-4)11-16-10-15-5-7-31-22(30)18(15)12-21(16)41-26(27,28)29/h5,7,9-10,12-13,19-20H,6,8,11H2,1-4H3,(H2,30,31)(H,38,39)/t19-,20+/m0/s1. The zero-order valence-electron chi connectivity index (χ0n) is 23.1. The van der Waals surface area contributed by atoms with Crippen LogP contribution >= 0.6 is 0 Å². The first-order valence-electron chi connectivity index (χ1n) is 12.6. The second-order valence-corrected chi connectivity index (χ2v) is 10.6. The van der Waals surface area contributed by atoms with Gasteiger partial charge in [-0.1, -0.05) is 0 Å². The molecule has 3 N–H and O–H groups in total. The second-order valence-electron chi connectivity index (χ2n) is 9.79. The largest absolute Gasteiger partial charge is 0.573 e. The molecule has 1 unspecified atom stereocenters. The molecule has 1 saturated heterocycles. The third kappa shape index (κ3) is 6.33. The number of hydrogen-bond donors (Lipinski definition) is 2. The smallest absolute Gasteiger partial charge is 0.467 e. The molecule has 16 heteroatoms. The number of fused-ring (bicyclic) bond motifs is 1. The number of nitrogen functional groups attached to an aromatic ring is 1. The summed E-state index contributed by atoms with van der Waals surface area (Å²) in [6, 6.07) is 3.06. The number of nitrogens with zero attached hydrogens (tertiary/aromatic N) is 5. The van der Waals surface area contributed by atoms with Crippen molar-refractivity contribution < 1.29 is 41.0 Å². The normalized spacial score (nSPS) is 16.8. The van der Waals surface area contributed by atoms with Gasteiger partial charge in [0.1, 0.15) is 29.5 Å². The van der Waals surface area contributed by atoms with Gasteiger partial charge in [0.15, 0.2) is 0 Å². The third-order valence-electron chi connectivity index (χ3n) is 6.84. The fourth-order valence-electron chi connectivity index (χ4n) is 5.05. The average molecular weight is 611 g/mol. The number of amides is 1. The van der Waals surface area contributed by atoms with E-state index >= 15 is 0 Å². The number of methoxy groups -OCH3 is 1. The molecule has 12 nitrogen and oxygen atoms in total. The Morgan fingerprint density at radius 3 is 2.60 bits per heavy atom. The Kier molecular flexibility index (Phi) is 8.77. The molecule has 1 aromatic carbocycles. The summed E-state index contributed by atoms with van der Waals surface area (Å²) < 4.78 is 72.7. The number of alkyl halides is 3. The lowest BCUT2D eigenvalue weighted by molar-refractivity contribution is -0.274. The van der Waals surface area contributed by atoms with Gasteiger partial charge in [0.2, 0.25) is 5.91 Å². The maximum Gasteiger partial charge on any atom is 0.573 e. The van der Waals surface area contributed by atoms with Gasteiger partial charge in [-0.25, -0.2) is 19.0 Å². The van der Waals surface area contributed by atoms with E-state index in [-0.39, 0.29) is 35.4 Å². The molecular formula is C26H29F3N6O6S. The lowest BCUT2D eigenvalue weighted by atomic mass is 10.00. The number of nitrogens with two attached hydrogens (primary N) is 1. The molecule has 3 heterocycles. The van der Waals surface area contributed by atoms with Gasteiger partial charge in [-0.3, -0.25) is 13.7 Å². The van der Waals surface area contributed by atoms with Crippen molar-refractivity contribution in [2.45, 2.75) is 38.2 Å². The molecule has 226 valence electrons. The molecule has 2 aromatic heterocycles. The predicted molar refractivity (Wildman–Crippen MR) is 149 cm³/mol. The molecule has 42 heavy (non-hydrogen) atoms. The summed E-state index contributed by atoms with van der Waals surface area (Å²) in [6.07, 6.45) is -2.69. The minimum atomic E-state index is -5.06. The number of likely N-dealkylation sites (tertiary alicyclic amines) is 1. The topological polar surface area (TPSA) is 151 Å². The van der Waals surface area contributed by atoms with E-state index in [0.29, 0.717) is 16.8 Å². The number of carbonyl (C=O) groups excluding carboxylic acids is 2. The van der Waals surface area contributed by atoms with Gasteiger partial charge in [-0.2, -0.15) is 0 Å². The summed E-state index contributed by atoms with van der Waals surface area (Å²) in [6.45, 7) is 1.72. The molecule has 0 aliphatic carbocycles. The molecule has 1 aliphatic heterocycles.